The van der Waals surface area contributed by atoms with Crippen LogP contribution in [0.25, 0.3) is 0 Å². The highest BCUT2D eigenvalue weighted by atomic mass is 16.5. The van der Waals surface area contributed by atoms with Crippen LogP contribution in [0.5, 0.6) is 0 Å². The number of rotatable bonds is 4. The van der Waals surface area contributed by atoms with Crippen LogP contribution >= 0.6 is 0 Å². The van der Waals surface area contributed by atoms with Crippen molar-refractivity contribution in [1.82, 2.24) is 5.32 Å². The highest BCUT2D eigenvalue weighted by Gasteiger charge is 2.39. The Balaban J connectivity index is 2.18. The first-order valence-electron chi connectivity index (χ1n) is 5.62. The maximum atomic E-state index is 5.39. The molecule has 1 fully saturated rings. The SMILES string of the molecule is CCNCC1(c2cccc(C)c2)COC1. The zero-order valence-electron chi connectivity index (χ0n) is 9.55. The molecule has 2 nitrogen and oxygen atoms in total. The van der Waals surface area contributed by atoms with Crippen LogP contribution in [0.3, 0.4) is 0 Å². The van der Waals surface area contributed by atoms with Gasteiger partial charge in [0.15, 0.2) is 0 Å². The summed E-state index contributed by atoms with van der Waals surface area (Å²) in [5, 5.41) is 3.43. The molecule has 2 heteroatoms. The van der Waals surface area contributed by atoms with Crippen LogP contribution in [-0.2, 0) is 10.2 Å². The summed E-state index contributed by atoms with van der Waals surface area (Å²) >= 11 is 0. The van der Waals surface area contributed by atoms with Crippen molar-refractivity contribution < 1.29 is 4.74 Å². The summed E-state index contributed by atoms with van der Waals surface area (Å²) in [6.45, 7) is 8.03. The van der Waals surface area contributed by atoms with Gasteiger partial charge in [-0.15, -0.1) is 0 Å². The van der Waals surface area contributed by atoms with Gasteiger partial charge in [-0.1, -0.05) is 36.8 Å². The van der Waals surface area contributed by atoms with E-state index < -0.39 is 0 Å². The monoisotopic (exact) mass is 205 g/mol. The van der Waals surface area contributed by atoms with Gasteiger partial charge < -0.3 is 10.1 Å². The van der Waals surface area contributed by atoms with Crippen molar-refractivity contribution in [2.75, 3.05) is 26.3 Å². The number of ether oxygens (including phenoxy) is 1. The molecule has 82 valence electrons. The molecule has 0 radical (unpaired) electrons. The second-order valence-corrected chi connectivity index (χ2v) is 4.42. The van der Waals surface area contributed by atoms with Gasteiger partial charge in [0.1, 0.15) is 0 Å². The molecule has 0 atom stereocenters. The number of hydrogen-bond acceptors (Lipinski definition) is 2. The summed E-state index contributed by atoms with van der Waals surface area (Å²) in [5.74, 6) is 0. The molecular formula is C13H19NO. The molecule has 15 heavy (non-hydrogen) atoms. The lowest BCUT2D eigenvalue weighted by molar-refractivity contribution is -0.0588. The molecule has 1 saturated heterocycles. The first-order chi connectivity index (χ1) is 7.27. The largest absolute Gasteiger partial charge is 0.379 e. The molecule has 0 aliphatic carbocycles. The van der Waals surface area contributed by atoms with E-state index in [1.807, 2.05) is 0 Å². The van der Waals surface area contributed by atoms with Crippen LogP contribution in [-0.4, -0.2) is 26.3 Å². The molecule has 1 aliphatic heterocycles. The highest BCUT2D eigenvalue weighted by molar-refractivity contribution is 5.32. The predicted molar refractivity (Wildman–Crippen MR) is 62.2 cm³/mol. The van der Waals surface area contributed by atoms with E-state index in [9.17, 15) is 0 Å². The van der Waals surface area contributed by atoms with E-state index in [2.05, 4.69) is 43.4 Å². The van der Waals surface area contributed by atoms with E-state index in [0.29, 0.717) is 0 Å². The first-order valence-corrected chi connectivity index (χ1v) is 5.62. The van der Waals surface area contributed by atoms with Crippen molar-refractivity contribution in [2.45, 2.75) is 19.3 Å². The topological polar surface area (TPSA) is 21.3 Å². The summed E-state index contributed by atoms with van der Waals surface area (Å²) in [5.41, 5.74) is 2.96. The molecule has 1 aromatic carbocycles. The molecule has 0 aromatic heterocycles. The van der Waals surface area contributed by atoms with E-state index in [1.54, 1.807) is 0 Å². The van der Waals surface area contributed by atoms with E-state index >= 15 is 0 Å². The molecule has 0 saturated carbocycles. The summed E-state index contributed by atoms with van der Waals surface area (Å²) in [6.07, 6.45) is 0. The molecule has 1 aliphatic rings. The fourth-order valence-corrected chi connectivity index (χ4v) is 2.06. The van der Waals surface area contributed by atoms with Crippen LogP contribution in [0.1, 0.15) is 18.1 Å². The molecule has 0 amide bonds. The molecule has 1 heterocycles. The third kappa shape index (κ3) is 2.06. The van der Waals surface area contributed by atoms with E-state index in [1.165, 1.54) is 11.1 Å². The summed E-state index contributed by atoms with van der Waals surface area (Å²) < 4.78 is 5.39. The molecule has 1 aromatic rings. The van der Waals surface area contributed by atoms with Crippen LogP contribution in [0.2, 0.25) is 0 Å². The van der Waals surface area contributed by atoms with Crippen molar-refractivity contribution >= 4 is 0 Å². The van der Waals surface area contributed by atoms with Crippen LogP contribution in [0.15, 0.2) is 24.3 Å². The Bertz CT molecular complexity index is 331. The summed E-state index contributed by atoms with van der Waals surface area (Å²) in [4.78, 5) is 0. The number of aryl methyl sites for hydroxylation is 1. The first kappa shape index (κ1) is 10.7. The smallest absolute Gasteiger partial charge is 0.0598 e. The quantitative estimate of drug-likeness (QED) is 0.810. The van der Waals surface area contributed by atoms with Crippen molar-refractivity contribution in [2.24, 2.45) is 0 Å². The summed E-state index contributed by atoms with van der Waals surface area (Å²) in [6, 6.07) is 8.77. The third-order valence-corrected chi connectivity index (χ3v) is 3.10. The van der Waals surface area contributed by atoms with Crippen molar-refractivity contribution in [3.8, 4) is 0 Å². The average molecular weight is 205 g/mol. The Hall–Kier alpha value is -0.860. The lowest BCUT2D eigenvalue weighted by Crippen LogP contribution is -2.53. The van der Waals surface area contributed by atoms with Gasteiger partial charge in [0.25, 0.3) is 0 Å². The Morgan fingerprint density at radius 1 is 1.40 bits per heavy atom. The van der Waals surface area contributed by atoms with E-state index in [-0.39, 0.29) is 5.41 Å². The average Bonchev–Trinajstić information content (AvgIpc) is 2.16. The number of benzene rings is 1. The summed E-state index contributed by atoms with van der Waals surface area (Å²) in [7, 11) is 0. The van der Waals surface area contributed by atoms with E-state index in [4.69, 9.17) is 4.74 Å². The third-order valence-electron chi connectivity index (χ3n) is 3.10. The lowest BCUT2D eigenvalue weighted by Gasteiger charge is -2.42. The van der Waals surface area contributed by atoms with Crippen LogP contribution < -0.4 is 5.32 Å². The molecule has 0 bridgehead atoms. The van der Waals surface area contributed by atoms with Gasteiger partial charge >= 0.3 is 0 Å². The molecular weight excluding hydrogens is 186 g/mol. The minimum Gasteiger partial charge on any atom is -0.379 e. The predicted octanol–water partition coefficient (Wildman–Crippen LogP) is 1.87. The van der Waals surface area contributed by atoms with Crippen molar-refractivity contribution in [3.63, 3.8) is 0 Å². The fraction of sp³-hybridized carbons (Fsp3) is 0.538. The normalized spacial score (nSPS) is 18.5. The van der Waals surface area contributed by atoms with E-state index in [0.717, 1.165) is 26.3 Å². The lowest BCUT2D eigenvalue weighted by atomic mass is 9.78. The van der Waals surface area contributed by atoms with Crippen LogP contribution in [0.4, 0.5) is 0 Å². The standard InChI is InChI=1S/C13H19NO/c1-3-14-8-13(9-15-10-13)12-6-4-5-11(2)7-12/h4-7,14H,3,8-10H2,1-2H3. The van der Waals surface area contributed by atoms with Gasteiger partial charge in [0, 0.05) is 6.54 Å². The Labute approximate surface area is 91.6 Å². The minimum absolute atomic E-state index is 0.224. The minimum atomic E-state index is 0.224. The Morgan fingerprint density at radius 2 is 2.20 bits per heavy atom. The second kappa shape index (κ2) is 4.33. The van der Waals surface area contributed by atoms with Gasteiger partial charge in [0.05, 0.1) is 18.6 Å². The van der Waals surface area contributed by atoms with Gasteiger partial charge in [-0.2, -0.15) is 0 Å². The van der Waals surface area contributed by atoms with Gasteiger partial charge in [-0.3, -0.25) is 0 Å². The maximum Gasteiger partial charge on any atom is 0.0598 e. The molecule has 2 rings (SSSR count). The fourth-order valence-electron chi connectivity index (χ4n) is 2.06. The Morgan fingerprint density at radius 3 is 2.73 bits per heavy atom. The number of nitrogens with one attached hydrogen (secondary N) is 1. The van der Waals surface area contributed by atoms with Gasteiger partial charge in [-0.05, 0) is 19.0 Å². The molecule has 0 spiro atoms. The number of hydrogen-bond donors (Lipinski definition) is 1. The van der Waals surface area contributed by atoms with Crippen molar-refractivity contribution in [3.05, 3.63) is 35.4 Å². The van der Waals surface area contributed by atoms with Gasteiger partial charge in [-0.25, -0.2) is 0 Å². The maximum absolute atomic E-state index is 5.39. The second-order valence-electron chi connectivity index (χ2n) is 4.42. The number of likely N-dealkylation sites (N-methyl/N-ethyl adjacent to an activating group) is 1. The Kier molecular flexibility index (Phi) is 3.08. The highest BCUT2D eigenvalue weighted by Crippen LogP contribution is 2.32. The zero-order valence-corrected chi connectivity index (χ0v) is 9.55. The molecule has 0 unspecified atom stereocenters. The van der Waals surface area contributed by atoms with Gasteiger partial charge in [0.2, 0.25) is 0 Å². The van der Waals surface area contributed by atoms with Crippen LogP contribution in [0, 0.1) is 6.92 Å². The molecule has 1 N–H and O–H groups in total. The zero-order chi connectivity index (χ0) is 10.7. The van der Waals surface area contributed by atoms with Crippen molar-refractivity contribution in [1.29, 1.82) is 0 Å².